The van der Waals surface area contributed by atoms with Gasteiger partial charge < -0.3 is 5.73 Å². The molecule has 0 bridgehead atoms. The van der Waals surface area contributed by atoms with Crippen molar-refractivity contribution >= 4 is 27.7 Å². The Morgan fingerprint density at radius 2 is 2.00 bits per heavy atom. The first kappa shape index (κ1) is 12.5. The van der Waals surface area contributed by atoms with E-state index in [0.29, 0.717) is 5.92 Å². The maximum atomic E-state index is 5.98. The second kappa shape index (κ2) is 6.08. The van der Waals surface area contributed by atoms with E-state index in [1.165, 1.54) is 34.4 Å². The number of nitrogens with two attached hydrogens (primary N) is 1. The highest BCUT2D eigenvalue weighted by Gasteiger charge is 2.25. The largest absolute Gasteiger partial charge is 0.330 e. The molecule has 1 saturated heterocycles. The van der Waals surface area contributed by atoms with Crippen molar-refractivity contribution < 1.29 is 0 Å². The van der Waals surface area contributed by atoms with Gasteiger partial charge in [-0.2, -0.15) is 11.8 Å². The van der Waals surface area contributed by atoms with Crippen molar-refractivity contribution in [2.45, 2.75) is 18.8 Å². The van der Waals surface area contributed by atoms with E-state index >= 15 is 0 Å². The molecule has 2 N–H and O–H groups in total. The maximum Gasteiger partial charge on any atom is 0.0210 e. The van der Waals surface area contributed by atoms with Gasteiger partial charge in [0.15, 0.2) is 0 Å². The van der Waals surface area contributed by atoms with E-state index < -0.39 is 0 Å². The summed E-state index contributed by atoms with van der Waals surface area (Å²) in [5, 5.41) is 0. The topological polar surface area (TPSA) is 26.0 Å². The van der Waals surface area contributed by atoms with Gasteiger partial charge in [-0.05, 0) is 48.4 Å². The molecule has 1 heterocycles. The lowest BCUT2D eigenvalue weighted by Gasteiger charge is -2.30. The van der Waals surface area contributed by atoms with Crippen molar-refractivity contribution in [2.24, 2.45) is 11.7 Å². The molecule has 1 atom stereocenters. The minimum absolute atomic E-state index is 0.525. The summed E-state index contributed by atoms with van der Waals surface area (Å²) in [7, 11) is 0. The van der Waals surface area contributed by atoms with Gasteiger partial charge in [0.05, 0.1) is 0 Å². The van der Waals surface area contributed by atoms with Crippen molar-refractivity contribution in [1.29, 1.82) is 0 Å². The normalized spacial score (nSPS) is 19.6. The van der Waals surface area contributed by atoms with Crippen LogP contribution >= 0.6 is 27.7 Å². The van der Waals surface area contributed by atoms with Crippen molar-refractivity contribution in [3.8, 4) is 0 Å². The fourth-order valence-corrected chi connectivity index (χ4v) is 4.19. The van der Waals surface area contributed by atoms with Crippen LogP contribution in [0.1, 0.15) is 24.3 Å². The number of hydrogen-bond acceptors (Lipinski definition) is 2. The lowest BCUT2D eigenvalue weighted by molar-refractivity contribution is 0.400. The summed E-state index contributed by atoms with van der Waals surface area (Å²) in [6.45, 7) is 0.762. The lowest BCUT2D eigenvalue weighted by Crippen LogP contribution is -2.25. The van der Waals surface area contributed by atoms with Gasteiger partial charge in [-0.1, -0.05) is 34.1 Å². The minimum Gasteiger partial charge on any atom is -0.330 e. The van der Waals surface area contributed by atoms with Crippen LogP contribution in [0.5, 0.6) is 0 Å². The molecule has 0 aliphatic carbocycles. The molecule has 0 radical (unpaired) electrons. The first-order valence-corrected chi connectivity index (χ1v) is 7.80. The first-order valence-electron chi connectivity index (χ1n) is 5.85. The monoisotopic (exact) mass is 299 g/mol. The third-order valence-corrected chi connectivity index (χ3v) is 5.16. The molecule has 0 aromatic heterocycles. The van der Waals surface area contributed by atoms with E-state index in [1.54, 1.807) is 0 Å². The summed E-state index contributed by atoms with van der Waals surface area (Å²) in [4.78, 5) is 0. The summed E-state index contributed by atoms with van der Waals surface area (Å²) >= 11 is 5.72. The Kier molecular flexibility index (Phi) is 4.74. The van der Waals surface area contributed by atoms with Crippen LogP contribution in [0.15, 0.2) is 28.7 Å². The fourth-order valence-electron chi connectivity index (χ4n) is 2.47. The number of thioether (sulfide) groups is 1. The highest BCUT2D eigenvalue weighted by Crippen LogP contribution is 2.37. The Morgan fingerprint density at radius 1 is 1.31 bits per heavy atom. The molecule has 0 spiro atoms. The third-order valence-electron chi connectivity index (χ3n) is 3.39. The van der Waals surface area contributed by atoms with Gasteiger partial charge in [-0.25, -0.2) is 0 Å². The Hall–Kier alpha value is 0.01000. The molecular formula is C13H18BrNS. The highest BCUT2D eigenvalue weighted by molar-refractivity contribution is 9.10. The second-order valence-corrected chi connectivity index (χ2v) is 6.39. The number of halogens is 1. The quantitative estimate of drug-likeness (QED) is 0.922. The summed E-state index contributed by atoms with van der Waals surface area (Å²) in [6.07, 6.45) is 2.63. The van der Waals surface area contributed by atoms with Crippen LogP contribution in [0.4, 0.5) is 0 Å². The predicted molar refractivity (Wildman–Crippen MR) is 76.0 cm³/mol. The molecule has 3 heteroatoms. The molecule has 0 saturated carbocycles. The van der Waals surface area contributed by atoms with E-state index in [0.717, 1.165) is 12.5 Å². The van der Waals surface area contributed by atoms with E-state index in [1.807, 2.05) is 0 Å². The van der Waals surface area contributed by atoms with Gasteiger partial charge in [-0.15, -0.1) is 0 Å². The fraction of sp³-hybridized carbons (Fsp3) is 0.538. The van der Waals surface area contributed by atoms with Crippen LogP contribution in [0, 0.1) is 5.92 Å². The summed E-state index contributed by atoms with van der Waals surface area (Å²) < 4.78 is 1.21. The van der Waals surface area contributed by atoms with Crippen LogP contribution in [0.3, 0.4) is 0 Å². The Labute approximate surface area is 110 Å². The zero-order valence-corrected chi connectivity index (χ0v) is 11.8. The van der Waals surface area contributed by atoms with Gasteiger partial charge in [-0.3, -0.25) is 0 Å². The molecule has 1 aromatic carbocycles. The molecule has 2 rings (SSSR count). The molecule has 1 aliphatic rings. The molecule has 1 aliphatic heterocycles. The number of rotatable bonds is 3. The standard InChI is InChI=1S/C13H18BrNS/c14-13-4-2-1-3-11(13)12(9-15)10-5-7-16-8-6-10/h1-4,10,12H,5-9,15H2. The first-order chi connectivity index (χ1) is 7.83. The predicted octanol–water partition coefficient (Wildman–Crippen LogP) is 3.63. The van der Waals surface area contributed by atoms with Crippen molar-refractivity contribution in [3.05, 3.63) is 34.3 Å². The summed E-state index contributed by atoms with van der Waals surface area (Å²) in [6, 6.07) is 8.51. The molecule has 16 heavy (non-hydrogen) atoms. The van der Waals surface area contributed by atoms with E-state index in [2.05, 4.69) is 52.0 Å². The average Bonchev–Trinajstić information content (AvgIpc) is 2.34. The molecule has 0 amide bonds. The Morgan fingerprint density at radius 3 is 2.62 bits per heavy atom. The molecule has 1 nitrogen and oxygen atoms in total. The van der Waals surface area contributed by atoms with Crippen LogP contribution in [-0.4, -0.2) is 18.1 Å². The van der Waals surface area contributed by atoms with Gasteiger partial charge in [0.2, 0.25) is 0 Å². The Balaban J connectivity index is 2.18. The maximum absolute atomic E-state index is 5.98. The molecule has 1 fully saturated rings. The van der Waals surface area contributed by atoms with Crippen LogP contribution in [-0.2, 0) is 0 Å². The van der Waals surface area contributed by atoms with Gasteiger partial charge >= 0.3 is 0 Å². The molecular weight excluding hydrogens is 282 g/mol. The molecule has 88 valence electrons. The van der Waals surface area contributed by atoms with Crippen molar-refractivity contribution in [3.63, 3.8) is 0 Å². The zero-order valence-electron chi connectivity index (χ0n) is 9.36. The van der Waals surface area contributed by atoms with Gasteiger partial charge in [0.1, 0.15) is 0 Å². The van der Waals surface area contributed by atoms with Gasteiger partial charge in [0, 0.05) is 10.4 Å². The van der Waals surface area contributed by atoms with E-state index in [9.17, 15) is 0 Å². The Bertz CT molecular complexity index is 336. The smallest absolute Gasteiger partial charge is 0.0210 e. The van der Waals surface area contributed by atoms with Crippen LogP contribution < -0.4 is 5.73 Å². The second-order valence-electron chi connectivity index (χ2n) is 4.31. The zero-order chi connectivity index (χ0) is 11.4. The summed E-state index contributed by atoms with van der Waals surface area (Å²) in [5.74, 6) is 3.89. The van der Waals surface area contributed by atoms with Crippen molar-refractivity contribution in [2.75, 3.05) is 18.1 Å². The third kappa shape index (κ3) is 2.82. The van der Waals surface area contributed by atoms with Gasteiger partial charge in [0.25, 0.3) is 0 Å². The summed E-state index contributed by atoms with van der Waals surface area (Å²) in [5.41, 5.74) is 7.37. The van der Waals surface area contributed by atoms with Crippen LogP contribution in [0.2, 0.25) is 0 Å². The van der Waals surface area contributed by atoms with Crippen molar-refractivity contribution in [1.82, 2.24) is 0 Å². The molecule has 1 aromatic rings. The lowest BCUT2D eigenvalue weighted by atomic mass is 9.82. The number of benzene rings is 1. The minimum atomic E-state index is 0.525. The highest BCUT2D eigenvalue weighted by atomic mass is 79.9. The SMILES string of the molecule is NCC(c1ccccc1Br)C1CCSCC1. The number of hydrogen-bond donors (Lipinski definition) is 1. The van der Waals surface area contributed by atoms with Crippen LogP contribution in [0.25, 0.3) is 0 Å². The average molecular weight is 300 g/mol. The molecule has 1 unspecified atom stereocenters. The van der Waals surface area contributed by atoms with E-state index in [4.69, 9.17) is 5.73 Å². The van der Waals surface area contributed by atoms with E-state index in [-0.39, 0.29) is 0 Å².